The van der Waals surface area contributed by atoms with Crippen LogP contribution in [0.2, 0.25) is 0 Å². The van der Waals surface area contributed by atoms with E-state index in [0.29, 0.717) is 18.8 Å². The molecule has 3 nitrogen and oxygen atoms in total. The van der Waals surface area contributed by atoms with Gasteiger partial charge in [0.2, 0.25) is 0 Å². The van der Waals surface area contributed by atoms with Crippen molar-refractivity contribution >= 4 is 21.9 Å². The fraction of sp³-hybridized carbons (Fsp3) is 0.364. The van der Waals surface area contributed by atoms with Gasteiger partial charge in [0.05, 0.1) is 12.5 Å². The van der Waals surface area contributed by atoms with Crippen LogP contribution < -0.4 is 4.74 Å². The number of fused-ring (bicyclic) bond motifs is 1. The zero-order valence-electron chi connectivity index (χ0n) is 8.07. The number of benzene rings is 1. The van der Waals surface area contributed by atoms with E-state index in [2.05, 4.69) is 15.9 Å². The lowest BCUT2D eigenvalue weighted by Crippen LogP contribution is -2.10. The fourth-order valence-corrected chi connectivity index (χ4v) is 2.14. The van der Waals surface area contributed by atoms with Crippen LogP contribution in [0.5, 0.6) is 5.75 Å². The summed E-state index contributed by atoms with van der Waals surface area (Å²) in [6.07, 6.45) is 1.42. The Balaban J connectivity index is 2.45. The lowest BCUT2D eigenvalue weighted by Gasteiger charge is -2.12. The molecule has 0 spiro atoms. The van der Waals surface area contributed by atoms with Crippen molar-refractivity contribution in [3.8, 4) is 5.75 Å². The summed E-state index contributed by atoms with van der Waals surface area (Å²) in [6, 6.07) is 5.50. The van der Waals surface area contributed by atoms with Gasteiger partial charge in [-0.25, -0.2) is 0 Å². The number of hydrogen-bond donors (Lipinski definition) is 1. The third kappa shape index (κ3) is 2.15. The second kappa shape index (κ2) is 4.23. The predicted octanol–water partition coefficient (Wildman–Crippen LogP) is 2.79. The molecule has 1 aliphatic rings. The Kier molecular flexibility index (Phi) is 2.95. The molecule has 2 rings (SSSR count). The maximum atomic E-state index is 11.1. The highest BCUT2D eigenvalue weighted by Gasteiger charge is 2.25. The van der Waals surface area contributed by atoms with Crippen LogP contribution in [0.3, 0.4) is 0 Å². The largest absolute Gasteiger partial charge is 0.493 e. The molecule has 0 saturated carbocycles. The summed E-state index contributed by atoms with van der Waals surface area (Å²) in [4.78, 5) is 11.1. The molecule has 1 aromatic rings. The summed E-state index contributed by atoms with van der Waals surface area (Å²) >= 11 is 3.35. The van der Waals surface area contributed by atoms with Crippen LogP contribution in [-0.2, 0) is 4.79 Å². The minimum absolute atomic E-state index is 0.435. The van der Waals surface area contributed by atoms with E-state index in [9.17, 15) is 4.79 Å². The van der Waals surface area contributed by atoms with E-state index in [1.165, 1.54) is 0 Å². The van der Waals surface area contributed by atoms with Gasteiger partial charge in [0, 0.05) is 10.0 Å². The van der Waals surface area contributed by atoms with Crippen molar-refractivity contribution in [3.05, 3.63) is 28.2 Å². The molecule has 1 aromatic carbocycles. The topological polar surface area (TPSA) is 46.5 Å². The van der Waals surface area contributed by atoms with Crippen LogP contribution in [0.15, 0.2) is 22.7 Å². The number of aliphatic carboxylic acids is 1. The van der Waals surface area contributed by atoms with E-state index < -0.39 is 11.9 Å². The molecule has 1 unspecified atom stereocenters. The highest BCUT2D eigenvalue weighted by molar-refractivity contribution is 9.10. The number of carbonyl (C=O) groups is 1. The number of ether oxygens (including phenoxy) is 1. The van der Waals surface area contributed by atoms with Crippen LogP contribution in [0.25, 0.3) is 0 Å². The molecule has 0 saturated heterocycles. The van der Waals surface area contributed by atoms with Crippen molar-refractivity contribution in [1.29, 1.82) is 0 Å². The first-order chi connectivity index (χ1) is 7.18. The van der Waals surface area contributed by atoms with E-state index in [4.69, 9.17) is 9.84 Å². The van der Waals surface area contributed by atoms with Crippen molar-refractivity contribution in [2.24, 2.45) is 0 Å². The van der Waals surface area contributed by atoms with E-state index >= 15 is 0 Å². The molecule has 0 bridgehead atoms. The Morgan fingerprint density at radius 2 is 2.33 bits per heavy atom. The molecule has 15 heavy (non-hydrogen) atoms. The highest BCUT2D eigenvalue weighted by atomic mass is 79.9. The summed E-state index contributed by atoms with van der Waals surface area (Å²) in [5.74, 6) is -0.519. The Morgan fingerprint density at radius 3 is 3.07 bits per heavy atom. The van der Waals surface area contributed by atoms with Gasteiger partial charge < -0.3 is 9.84 Å². The van der Waals surface area contributed by atoms with Gasteiger partial charge in [0.15, 0.2) is 0 Å². The molecule has 0 aliphatic carbocycles. The summed E-state index contributed by atoms with van der Waals surface area (Å²) in [5, 5.41) is 9.11. The number of carboxylic acids is 1. The molecular weight excluding hydrogens is 260 g/mol. The predicted molar refractivity (Wildman–Crippen MR) is 59.2 cm³/mol. The highest BCUT2D eigenvalue weighted by Crippen LogP contribution is 2.35. The molecular formula is C11H11BrO3. The van der Waals surface area contributed by atoms with Crippen molar-refractivity contribution in [1.82, 2.24) is 0 Å². The van der Waals surface area contributed by atoms with E-state index in [0.717, 1.165) is 16.5 Å². The van der Waals surface area contributed by atoms with E-state index in [1.54, 1.807) is 0 Å². The normalized spacial score (nSPS) is 19.9. The van der Waals surface area contributed by atoms with Gasteiger partial charge >= 0.3 is 5.97 Å². The molecule has 1 atom stereocenters. The number of rotatable bonds is 1. The van der Waals surface area contributed by atoms with Gasteiger partial charge in [-0.1, -0.05) is 22.0 Å². The average molecular weight is 271 g/mol. The molecule has 1 N–H and O–H groups in total. The number of carboxylic acid groups (broad SMARTS) is 1. The molecule has 80 valence electrons. The molecule has 4 heteroatoms. The molecule has 0 amide bonds. The molecule has 0 aromatic heterocycles. The standard InChI is InChI=1S/C11H11BrO3/c12-7-3-4-8-9(11(13)14)2-1-5-15-10(8)6-7/h3-4,6,9H,1-2,5H2,(H,13,14). The van der Waals surface area contributed by atoms with Crippen molar-refractivity contribution in [3.63, 3.8) is 0 Å². The molecule has 1 heterocycles. The van der Waals surface area contributed by atoms with Gasteiger partial charge in [-0.2, -0.15) is 0 Å². The number of halogens is 1. The number of hydrogen-bond acceptors (Lipinski definition) is 2. The second-order valence-corrected chi connectivity index (χ2v) is 4.48. The first-order valence-corrected chi connectivity index (χ1v) is 5.63. The monoisotopic (exact) mass is 270 g/mol. The lowest BCUT2D eigenvalue weighted by atomic mass is 9.95. The van der Waals surface area contributed by atoms with Crippen LogP contribution in [-0.4, -0.2) is 17.7 Å². The second-order valence-electron chi connectivity index (χ2n) is 3.56. The van der Waals surface area contributed by atoms with Gasteiger partial charge in [-0.3, -0.25) is 4.79 Å². The molecule has 1 aliphatic heterocycles. The minimum Gasteiger partial charge on any atom is -0.493 e. The van der Waals surface area contributed by atoms with Crippen LogP contribution >= 0.6 is 15.9 Å². The quantitative estimate of drug-likeness (QED) is 0.854. The van der Waals surface area contributed by atoms with Crippen LogP contribution in [0.4, 0.5) is 0 Å². The SMILES string of the molecule is O=C(O)C1CCCOc2cc(Br)ccc21. The first-order valence-electron chi connectivity index (χ1n) is 4.83. The summed E-state index contributed by atoms with van der Waals surface area (Å²) in [6.45, 7) is 0.591. The third-order valence-corrected chi connectivity index (χ3v) is 3.04. The Morgan fingerprint density at radius 1 is 1.53 bits per heavy atom. The van der Waals surface area contributed by atoms with Crippen LogP contribution in [0, 0.1) is 0 Å². The summed E-state index contributed by atoms with van der Waals surface area (Å²) < 4.78 is 6.43. The Labute approximate surface area is 96.2 Å². The van der Waals surface area contributed by atoms with Crippen molar-refractivity contribution in [2.75, 3.05) is 6.61 Å². The Bertz CT molecular complexity index is 389. The lowest BCUT2D eigenvalue weighted by molar-refractivity contribution is -0.138. The smallest absolute Gasteiger partial charge is 0.311 e. The van der Waals surface area contributed by atoms with E-state index in [-0.39, 0.29) is 0 Å². The van der Waals surface area contributed by atoms with Crippen molar-refractivity contribution in [2.45, 2.75) is 18.8 Å². The third-order valence-electron chi connectivity index (χ3n) is 2.54. The van der Waals surface area contributed by atoms with Gasteiger partial charge in [-0.15, -0.1) is 0 Å². The van der Waals surface area contributed by atoms with Crippen molar-refractivity contribution < 1.29 is 14.6 Å². The van der Waals surface area contributed by atoms with Crippen LogP contribution in [0.1, 0.15) is 24.3 Å². The minimum atomic E-state index is -0.774. The maximum Gasteiger partial charge on any atom is 0.311 e. The summed E-state index contributed by atoms with van der Waals surface area (Å²) in [7, 11) is 0. The Hall–Kier alpha value is -1.03. The zero-order chi connectivity index (χ0) is 10.8. The zero-order valence-corrected chi connectivity index (χ0v) is 9.66. The van der Waals surface area contributed by atoms with E-state index in [1.807, 2.05) is 18.2 Å². The first kappa shape index (κ1) is 10.5. The molecule has 0 radical (unpaired) electrons. The maximum absolute atomic E-state index is 11.1. The average Bonchev–Trinajstić information content (AvgIpc) is 2.38. The van der Waals surface area contributed by atoms with Gasteiger partial charge in [-0.05, 0) is 25.0 Å². The van der Waals surface area contributed by atoms with Gasteiger partial charge in [0.25, 0.3) is 0 Å². The summed E-state index contributed by atoms with van der Waals surface area (Å²) in [5.41, 5.74) is 0.781. The van der Waals surface area contributed by atoms with Gasteiger partial charge in [0.1, 0.15) is 5.75 Å². The molecule has 0 fully saturated rings. The fourth-order valence-electron chi connectivity index (χ4n) is 1.80.